The molecule has 1 N–H and O–H groups in total. The number of carbonyl (C=O) groups is 2. The van der Waals surface area contributed by atoms with E-state index in [1.54, 1.807) is 4.90 Å². The molecule has 0 aliphatic carbocycles. The Kier molecular flexibility index (Phi) is 10.3. The van der Waals surface area contributed by atoms with Gasteiger partial charge in [-0.15, -0.1) is 18.3 Å². The van der Waals surface area contributed by atoms with Crippen LogP contribution in [-0.2, 0) is 4.79 Å². The van der Waals surface area contributed by atoms with Crippen LogP contribution in [-0.4, -0.2) is 50.5 Å². The van der Waals surface area contributed by atoms with Crippen molar-refractivity contribution in [3.63, 3.8) is 0 Å². The number of halogens is 3. The molecule has 1 atom stereocenters. The van der Waals surface area contributed by atoms with Gasteiger partial charge >= 0.3 is 12.4 Å². The number of carbonyl (C=O) groups excluding carboxylic acids is 2. The van der Waals surface area contributed by atoms with Crippen molar-refractivity contribution in [2.75, 3.05) is 17.2 Å². The molecule has 0 radical (unpaired) electrons. The summed E-state index contributed by atoms with van der Waals surface area (Å²) in [5, 5.41) is 7.70. The van der Waals surface area contributed by atoms with Crippen molar-refractivity contribution in [1.82, 2.24) is 20.1 Å². The zero-order valence-corrected chi connectivity index (χ0v) is 27.2. The van der Waals surface area contributed by atoms with E-state index >= 15 is 0 Å². The number of aliphatic imine (C=N–C) groups is 1. The second-order valence-electron chi connectivity index (χ2n) is 11.5. The summed E-state index contributed by atoms with van der Waals surface area (Å²) in [6, 6.07) is 18.6. The number of aryl methyl sites for hydroxylation is 1. The number of rotatable bonds is 10. The molecule has 0 bridgehead atoms. The minimum atomic E-state index is -4.75. The van der Waals surface area contributed by atoms with Gasteiger partial charge in [-0.05, 0) is 78.6 Å². The molecule has 0 saturated carbocycles. The largest absolute Gasteiger partial charge is 0.573 e. The van der Waals surface area contributed by atoms with E-state index in [1.807, 2.05) is 49.4 Å². The fourth-order valence-electron chi connectivity index (χ4n) is 5.47. The second-order valence-corrected chi connectivity index (χ2v) is 12.5. The molecule has 9 nitrogen and oxygen atoms in total. The number of alkyl halides is 3. The van der Waals surface area contributed by atoms with Gasteiger partial charge in [0.05, 0.1) is 17.1 Å². The van der Waals surface area contributed by atoms with Crippen LogP contribution in [0.5, 0.6) is 5.75 Å². The molecule has 1 aliphatic heterocycles. The van der Waals surface area contributed by atoms with Gasteiger partial charge in [0.2, 0.25) is 5.91 Å². The van der Waals surface area contributed by atoms with E-state index in [4.69, 9.17) is 0 Å². The van der Waals surface area contributed by atoms with Gasteiger partial charge in [0, 0.05) is 12.1 Å². The molecule has 1 aromatic heterocycles. The van der Waals surface area contributed by atoms with Crippen LogP contribution in [0.25, 0.3) is 17.1 Å². The SMILES string of the molecule is Cc1cccc(N2C(=O)CSC2=NC(=O)NCCCC(C)c2ccc(-c3ncn(-c4ccc(OC(F)(F)F)cc4)n3)cc2)c1C(C)C. The number of hydrogen-bond acceptors (Lipinski definition) is 6. The van der Waals surface area contributed by atoms with E-state index in [1.165, 1.54) is 47.0 Å². The van der Waals surface area contributed by atoms with E-state index in [0.29, 0.717) is 23.2 Å². The number of benzene rings is 3. The zero-order valence-electron chi connectivity index (χ0n) is 26.4. The Morgan fingerprint density at radius 2 is 1.79 bits per heavy atom. The highest BCUT2D eigenvalue weighted by atomic mass is 32.2. The fraction of sp³-hybridized carbons (Fsp3) is 0.324. The lowest BCUT2D eigenvalue weighted by Crippen LogP contribution is -2.32. The Hall–Kier alpha value is -4.65. The van der Waals surface area contributed by atoms with Crippen LogP contribution >= 0.6 is 11.8 Å². The van der Waals surface area contributed by atoms with Gasteiger partial charge in [-0.2, -0.15) is 4.99 Å². The Morgan fingerprint density at radius 3 is 2.47 bits per heavy atom. The first-order valence-electron chi connectivity index (χ1n) is 15.2. The number of amides is 3. The molecular weight excluding hydrogens is 629 g/mol. The molecule has 1 aliphatic rings. The third-order valence-electron chi connectivity index (χ3n) is 7.74. The smallest absolute Gasteiger partial charge is 0.406 e. The minimum absolute atomic E-state index is 0.0915. The predicted molar refractivity (Wildman–Crippen MR) is 177 cm³/mol. The van der Waals surface area contributed by atoms with E-state index in [2.05, 4.69) is 45.9 Å². The molecular formula is C34H35F3N6O3S. The van der Waals surface area contributed by atoms with Crippen LogP contribution in [0.15, 0.2) is 78.0 Å². The molecule has 1 saturated heterocycles. The van der Waals surface area contributed by atoms with E-state index < -0.39 is 12.4 Å². The van der Waals surface area contributed by atoms with Crippen molar-refractivity contribution in [3.8, 4) is 22.8 Å². The van der Waals surface area contributed by atoms with E-state index in [9.17, 15) is 22.8 Å². The number of thioether (sulfide) groups is 1. The summed E-state index contributed by atoms with van der Waals surface area (Å²) in [6.45, 7) is 8.75. The monoisotopic (exact) mass is 664 g/mol. The van der Waals surface area contributed by atoms with Crippen LogP contribution in [0.4, 0.5) is 23.7 Å². The Morgan fingerprint density at radius 1 is 1.06 bits per heavy atom. The summed E-state index contributed by atoms with van der Waals surface area (Å²) in [4.78, 5) is 35.6. The maximum absolute atomic E-state index is 12.8. The third-order valence-corrected chi connectivity index (χ3v) is 8.66. The lowest BCUT2D eigenvalue weighted by Gasteiger charge is -2.23. The topological polar surface area (TPSA) is 102 Å². The molecule has 4 aromatic rings. The number of nitrogens with zero attached hydrogens (tertiary/aromatic N) is 5. The molecule has 1 fully saturated rings. The number of amidine groups is 1. The van der Waals surface area contributed by atoms with E-state index in [0.717, 1.165) is 40.8 Å². The van der Waals surface area contributed by atoms with Crippen molar-refractivity contribution in [1.29, 1.82) is 0 Å². The fourth-order valence-corrected chi connectivity index (χ4v) is 6.33. The highest BCUT2D eigenvalue weighted by Gasteiger charge is 2.33. The van der Waals surface area contributed by atoms with Gasteiger partial charge < -0.3 is 10.1 Å². The number of ether oxygens (including phenoxy) is 1. The van der Waals surface area contributed by atoms with Crippen molar-refractivity contribution >= 4 is 34.6 Å². The van der Waals surface area contributed by atoms with Crippen molar-refractivity contribution < 1.29 is 27.5 Å². The average molecular weight is 665 g/mol. The molecule has 246 valence electrons. The molecule has 5 rings (SSSR count). The van der Waals surface area contributed by atoms with Gasteiger partial charge in [0.1, 0.15) is 12.1 Å². The standard InChI is InChI=1S/C34H35F3N6O3S/c1-21(2)30-23(4)7-5-9-28(30)43-29(44)19-47-33(43)40-32(45)38-18-6-8-22(3)24-10-12-25(13-11-24)31-39-20-42(41-31)26-14-16-27(17-15-26)46-34(35,36)37/h5,7,9-17,20-22H,6,8,18-19H2,1-4H3,(H,38,45). The summed E-state index contributed by atoms with van der Waals surface area (Å²) in [5.74, 6) is 0.749. The lowest BCUT2D eigenvalue weighted by molar-refractivity contribution is -0.274. The predicted octanol–water partition coefficient (Wildman–Crippen LogP) is 7.99. The Labute approximate surface area is 275 Å². The summed E-state index contributed by atoms with van der Waals surface area (Å²) in [6.07, 6.45) is -1.68. The molecule has 3 amide bonds. The summed E-state index contributed by atoms with van der Waals surface area (Å²) in [5.41, 5.74) is 5.40. The molecule has 47 heavy (non-hydrogen) atoms. The minimum Gasteiger partial charge on any atom is -0.406 e. The molecule has 1 unspecified atom stereocenters. The Bertz CT molecular complexity index is 1750. The second kappa shape index (κ2) is 14.4. The van der Waals surface area contributed by atoms with Crippen molar-refractivity contribution in [2.24, 2.45) is 4.99 Å². The number of hydrogen-bond donors (Lipinski definition) is 1. The van der Waals surface area contributed by atoms with Crippen molar-refractivity contribution in [3.05, 3.63) is 89.7 Å². The van der Waals surface area contributed by atoms with Gasteiger partial charge in [0.15, 0.2) is 11.0 Å². The molecule has 13 heteroatoms. The van der Waals surface area contributed by atoms with Crippen LogP contribution in [0.1, 0.15) is 62.1 Å². The quantitative estimate of drug-likeness (QED) is 0.173. The van der Waals surface area contributed by atoms with Gasteiger partial charge in [0.25, 0.3) is 0 Å². The van der Waals surface area contributed by atoms with Gasteiger partial charge in [-0.3, -0.25) is 9.69 Å². The first kappa shape index (κ1) is 33.7. The summed E-state index contributed by atoms with van der Waals surface area (Å²) < 4.78 is 42.7. The number of nitrogens with one attached hydrogen (secondary N) is 1. The van der Waals surface area contributed by atoms with Crippen LogP contribution in [0, 0.1) is 6.92 Å². The summed E-state index contributed by atoms with van der Waals surface area (Å²) >= 11 is 1.27. The zero-order chi connectivity index (χ0) is 33.7. The first-order valence-corrected chi connectivity index (χ1v) is 16.2. The first-order chi connectivity index (χ1) is 22.4. The average Bonchev–Trinajstić information content (AvgIpc) is 3.65. The van der Waals surface area contributed by atoms with Gasteiger partial charge in [-0.1, -0.05) is 68.9 Å². The highest BCUT2D eigenvalue weighted by Crippen LogP contribution is 2.35. The van der Waals surface area contributed by atoms with Crippen LogP contribution < -0.4 is 15.0 Å². The molecule has 3 aromatic carbocycles. The van der Waals surface area contributed by atoms with Crippen LogP contribution in [0.3, 0.4) is 0 Å². The Balaban J connectivity index is 1.12. The van der Waals surface area contributed by atoms with E-state index in [-0.39, 0.29) is 29.2 Å². The maximum atomic E-state index is 12.8. The third kappa shape index (κ3) is 8.39. The maximum Gasteiger partial charge on any atom is 0.573 e. The van der Waals surface area contributed by atoms with Crippen molar-refractivity contribution in [2.45, 2.75) is 58.7 Å². The van der Waals surface area contributed by atoms with Crippen LogP contribution in [0.2, 0.25) is 0 Å². The normalized spacial score (nSPS) is 15.0. The van der Waals surface area contributed by atoms with Gasteiger partial charge in [-0.25, -0.2) is 14.5 Å². The summed E-state index contributed by atoms with van der Waals surface area (Å²) in [7, 11) is 0. The number of aromatic nitrogens is 3. The lowest BCUT2D eigenvalue weighted by atomic mass is 9.95. The number of urea groups is 1. The molecule has 2 heterocycles. The highest BCUT2D eigenvalue weighted by molar-refractivity contribution is 8.15. The number of anilines is 1. The molecule has 0 spiro atoms.